The van der Waals surface area contributed by atoms with Gasteiger partial charge in [-0.05, 0) is 29.0 Å². The van der Waals surface area contributed by atoms with Crippen LogP contribution in [0.2, 0.25) is 0 Å². The third-order valence-corrected chi connectivity index (χ3v) is 4.91. The number of hydrogen-bond acceptors (Lipinski definition) is 4. The molecule has 0 saturated carbocycles. The first-order chi connectivity index (χ1) is 11.5. The van der Waals surface area contributed by atoms with Gasteiger partial charge in [0.1, 0.15) is 6.54 Å². The Labute approximate surface area is 142 Å². The Morgan fingerprint density at radius 3 is 2.71 bits per heavy atom. The largest absolute Gasteiger partial charge is 0.328 e. The lowest BCUT2D eigenvalue weighted by molar-refractivity contribution is -0.917. The van der Waals surface area contributed by atoms with Gasteiger partial charge in [0.05, 0.1) is 31.1 Å². The highest BCUT2D eigenvalue weighted by molar-refractivity contribution is 7.07. The number of amides is 1. The number of piperazine rings is 1. The first-order valence-electron chi connectivity index (χ1n) is 7.62. The number of quaternary nitrogens is 1. The molecular weight excluding hydrogens is 333 g/mol. The number of nitro benzene ring substituents is 1. The summed E-state index contributed by atoms with van der Waals surface area (Å²) in [6.07, 6.45) is 0. The van der Waals surface area contributed by atoms with Gasteiger partial charge < -0.3 is 9.80 Å². The van der Waals surface area contributed by atoms with E-state index in [1.807, 2.05) is 0 Å². The van der Waals surface area contributed by atoms with Crippen molar-refractivity contribution in [1.82, 2.24) is 4.90 Å². The Bertz CT molecular complexity index is 743. The van der Waals surface area contributed by atoms with Crippen LogP contribution in [0.5, 0.6) is 0 Å². The Morgan fingerprint density at radius 1 is 1.33 bits per heavy atom. The minimum absolute atomic E-state index is 0.157. The van der Waals surface area contributed by atoms with Crippen LogP contribution < -0.4 is 4.90 Å². The van der Waals surface area contributed by atoms with E-state index in [2.05, 4.69) is 16.8 Å². The van der Waals surface area contributed by atoms with Gasteiger partial charge in [-0.3, -0.25) is 14.9 Å². The summed E-state index contributed by atoms with van der Waals surface area (Å²) in [5.74, 6) is -1.21. The maximum absolute atomic E-state index is 13.4. The topological polar surface area (TPSA) is 67.9 Å². The summed E-state index contributed by atoms with van der Waals surface area (Å²) < 4.78 is 13.4. The molecule has 1 N–H and O–H groups in total. The summed E-state index contributed by atoms with van der Waals surface area (Å²) >= 11 is 1.67. The SMILES string of the molecule is O=C(c1ccc(F)c([N+](=O)[O-])c1)N1CC[NH+](Cc2ccsc2)CC1. The first-order valence-corrected chi connectivity index (χ1v) is 8.57. The number of nitrogens with zero attached hydrogens (tertiary/aromatic N) is 2. The number of carbonyl (C=O) groups excluding carboxylic acids is 1. The van der Waals surface area contributed by atoms with E-state index >= 15 is 0 Å². The van der Waals surface area contributed by atoms with Crippen molar-refractivity contribution in [2.24, 2.45) is 0 Å². The standard InChI is InChI=1S/C16H16FN3O3S/c17-14-2-1-13(9-15(14)20(22)23)16(21)19-6-4-18(5-7-19)10-12-3-8-24-11-12/h1-3,8-9,11H,4-7,10H2/p+1. The molecule has 126 valence electrons. The zero-order valence-electron chi connectivity index (χ0n) is 12.9. The normalized spacial score (nSPS) is 15.5. The second kappa shape index (κ2) is 7.06. The molecular formula is C16H17FN3O3S+. The highest BCUT2D eigenvalue weighted by atomic mass is 32.1. The summed E-state index contributed by atoms with van der Waals surface area (Å²) in [5.41, 5.74) is 0.788. The molecule has 1 saturated heterocycles. The lowest BCUT2D eigenvalue weighted by atomic mass is 10.1. The molecule has 1 fully saturated rings. The fraction of sp³-hybridized carbons (Fsp3) is 0.312. The van der Waals surface area contributed by atoms with Crippen LogP contribution in [0.1, 0.15) is 15.9 Å². The molecule has 1 aromatic carbocycles. The van der Waals surface area contributed by atoms with E-state index in [1.54, 1.807) is 16.2 Å². The average molecular weight is 350 g/mol. The van der Waals surface area contributed by atoms with E-state index < -0.39 is 16.4 Å². The molecule has 2 heterocycles. The molecule has 6 nitrogen and oxygen atoms in total. The molecule has 1 amide bonds. The minimum Gasteiger partial charge on any atom is -0.328 e. The number of nitrogens with one attached hydrogen (secondary N) is 1. The lowest BCUT2D eigenvalue weighted by Gasteiger charge is -2.32. The van der Waals surface area contributed by atoms with Crippen LogP contribution in [-0.2, 0) is 6.54 Å². The van der Waals surface area contributed by atoms with Crippen molar-refractivity contribution in [3.8, 4) is 0 Å². The van der Waals surface area contributed by atoms with Gasteiger partial charge in [-0.2, -0.15) is 15.7 Å². The number of thiophene rings is 1. The quantitative estimate of drug-likeness (QED) is 0.668. The van der Waals surface area contributed by atoms with Gasteiger partial charge in [0, 0.05) is 17.2 Å². The molecule has 0 atom stereocenters. The molecule has 0 spiro atoms. The van der Waals surface area contributed by atoms with E-state index in [0.717, 1.165) is 31.8 Å². The molecule has 8 heteroatoms. The Hall–Kier alpha value is -2.32. The van der Waals surface area contributed by atoms with Crippen LogP contribution in [-0.4, -0.2) is 41.9 Å². The van der Waals surface area contributed by atoms with Gasteiger partial charge in [0.25, 0.3) is 5.91 Å². The van der Waals surface area contributed by atoms with Gasteiger partial charge in [0.15, 0.2) is 0 Å². The fourth-order valence-electron chi connectivity index (χ4n) is 2.85. The molecule has 24 heavy (non-hydrogen) atoms. The van der Waals surface area contributed by atoms with Gasteiger partial charge >= 0.3 is 5.69 Å². The molecule has 0 aliphatic carbocycles. The second-order valence-corrected chi connectivity index (χ2v) is 6.55. The maximum atomic E-state index is 13.4. The van der Waals surface area contributed by atoms with Crippen LogP contribution in [0.4, 0.5) is 10.1 Å². The number of carbonyl (C=O) groups is 1. The fourth-order valence-corrected chi connectivity index (χ4v) is 3.52. The van der Waals surface area contributed by atoms with Crippen molar-refractivity contribution in [2.45, 2.75) is 6.54 Å². The number of nitro groups is 1. The smallest absolute Gasteiger partial charge is 0.305 e. The van der Waals surface area contributed by atoms with E-state index in [0.29, 0.717) is 13.1 Å². The summed E-state index contributed by atoms with van der Waals surface area (Å²) in [5, 5.41) is 15.0. The van der Waals surface area contributed by atoms with Crippen molar-refractivity contribution in [2.75, 3.05) is 26.2 Å². The summed E-state index contributed by atoms with van der Waals surface area (Å²) in [6.45, 7) is 3.76. The van der Waals surface area contributed by atoms with Crippen LogP contribution in [0.3, 0.4) is 0 Å². The minimum atomic E-state index is -0.929. The molecule has 0 bridgehead atoms. The van der Waals surface area contributed by atoms with Gasteiger partial charge in [-0.1, -0.05) is 0 Å². The Kier molecular flexibility index (Phi) is 4.86. The summed E-state index contributed by atoms with van der Waals surface area (Å²) in [4.78, 5) is 25.6. The summed E-state index contributed by atoms with van der Waals surface area (Å²) in [6, 6.07) is 5.40. The van der Waals surface area contributed by atoms with E-state index in [-0.39, 0.29) is 11.5 Å². The molecule has 1 aliphatic heterocycles. The zero-order chi connectivity index (χ0) is 17.1. The van der Waals surface area contributed by atoms with E-state index in [9.17, 15) is 19.3 Å². The van der Waals surface area contributed by atoms with E-state index in [1.165, 1.54) is 16.5 Å². The van der Waals surface area contributed by atoms with Crippen molar-refractivity contribution >= 4 is 22.9 Å². The van der Waals surface area contributed by atoms with E-state index in [4.69, 9.17) is 0 Å². The summed E-state index contributed by atoms with van der Waals surface area (Å²) in [7, 11) is 0. The van der Waals surface area contributed by atoms with Crippen molar-refractivity contribution in [3.05, 3.63) is 62.1 Å². The van der Waals surface area contributed by atoms with Crippen LogP contribution in [0.25, 0.3) is 0 Å². The number of hydrogen-bond donors (Lipinski definition) is 1. The number of benzene rings is 1. The maximum Gasteiger partial charge on any atom is 0.305 e. The van der Waals surface area contributed by atoms with Crippen molar-refractivity contribution < 1.29 is 19.0 Å². The highest BCUT2D eigenvalue weighted by Crippen LogP contribution is 2.19. The Morgan fingerprint density at radius 2 is 2.08 bits per heavy atom. The molecule has 2 aromatic rings. The monoisotopic (exact) mass is 350 g/mol. The molecule has 0 radical (unpaired) electrons. The van der Waals surface area contributed by atoms with Crippen LogP contribution >= 0.6 is 11.3 Å². The third-order valence-electron chi connectivity index (χ3n) is 4.18. The predicted octanol–water partition coefficient (Wildman–Crippen LogP) is 1.34. The van der Waals surface area contributed by atoms with Crippen LogP contribution in [0, 0.1) is 15.9 Å². The Balaban J connectivity index is 1.63. The highest BCUT2D eigenvalue weighted by Gasteiger charge is 2.26. The third kappa shape index (κ3) is 3.60. The molecule has 1 aliphatic rings. The zero-order valence-corrected chi connectivity index (χ0v) is 13.7. The lowest BCUT2D eigenvalue weighted by Crippen LogP contribution is -3.13. The second-order valence-electron chi connectivity index (χ2n) is 5.77. The first kappa shape index (κ1) is 16.5. The van der Waals surface area contributed by atoms with Crippen molar-refractivity contribution in [3.63, 3.8) is 0 Å². The number of halogens is 1. The predicted molar refractivity (Wildman–Crippen MR) is 87.7 cm³/mol. The van der Waals surface area contributed by atoms with Gasteiger partial charge in [0.2, 0.25) is 5.82 Å². The molecule has 0 unspecified atom stereocenters. The van der Waals surface area contributed by atoms with Gasteiger partial charge in [-0.15, -0.1) is 0 Å². The van der Waals surface area contributed by atoms with Gasteiger partial charge in [-0.25, -0.2) is 0 Å². The van der Waals surface area contributed by atoms with Crippen LogP contribution in [0.15, 0.2) is 35.0 Å². The average Bonchev–Trinajstić information content (AvgIpc) is 3.08. The van der Waals surface area contributed by atoms with Crippen molar-refractivity contribution in [1.29, 1.82) is 0 Å². The molecule has 3 rings (SSSR count). The number of rotatable bonds is 4. The molecule has 1 aromatic heterocycles.